The molecule has 158 valence electrons. The molecule has 4 atom stereocenters. The van der Waals surface area contributed by atoms with Crippen molar-refractivity contribution in [3.8, 4) is 0 Å². The van der Waals surface area contributed by atoms with E-state index < -0.39 is 38.2 Å². The first kappa shape index (κ1) is 23.1. The van der Waals surface area contributed by atoms with Crippen molar-refractivity contribution in [1.29, 1.82) is 0 Å². The maximum atomic E-state index is 12.3. The predicted octanol–water partition coefficient (Wildman–Crippen LogP) is 3.11. The molecule has 0 saturated carbocycles. The number of H-pyrrole nitrogens is 1. The van der Waals surface area contributed by atoms with Gasteiger partial charge < -0.3 is 18.6 Å². The van der Waals surface area contributed by atoms with Crippen LogP contribution in [0.5, 0.6) is 0 Å². The van der Waals surface area contributed by atoms with E-state index >= 15 is 0 Å². The number of rotatable bonds is 7. The van der Waals surface area contributed by atoms with E-state index in [9.17, 15) is 9.59 Å². The van der Waals surface area contributed by atoms with Crippen LogP contribution in [0, 0.1) is 0 Å². The Kier molecular flexibility index (Phi) is 7.14. The molecule has 1 aliphatic rings. The minimum absolute atomic E-state index is 0.00461. The van der Waals surface area contributed by atoms with E-state index in [0.29, 0.717) is 6.42 Å². The number of aromatic amines is 1. The lowest BCUT2D eigenvalue weighted by Crippen LogP contribution is -2.48. The maximum Gasteiger partial charge on any atom is 0.330 e. The van der Waals surface area contributed by atoms with Crippen LogP contribution in [0.25, 0.3) is 0 Å². The van der Waals surface area contributed by atoms with E-state index in [2.05, 4.69) is 61.4 Å². The Bertz CT molecular complexity index is 816. The van der Waals surface area contributed by atoms with Gasteiger partial charge in [-0.3, -0.25) is 14.3 Å². The topological polar surface area (TPSA) is 91.8 Å². The third-order valence-electron chi connectivity index (χ3n) is 5.33. The van der Waals surface area contributed by atoms with Gasteiger partial charge in [0.25, 0.3) is 5.56 Å². The highest BCUT2D eigenvalue weighted by Gasteiger charge is 2.48. The molecule has 1 N–H and O–H groups in total. The number of halogens is 1. The second-order valence-corrected chi connectivity index (χ2v) is 13.9. The Hall–Kier alpha value is -1.20. The fourth-order valence-electron chi connectivity index (χ4n) is 2.78. The molecule has 10 heteroatoms. The summed E-state index contributed by atoms with van der Waals surface area (Å²) in [6.45, 7) is 14.3. The molecule has 0 aromatic carbocycles. The molecule has 1 aliphatic heterocycles. The summed E-state index contributed by atoms with van der Waals surface area (Å²) in [4.78, 5) is 26.2. The van der Waals surface area contributed by atoms with Gasteiger partial charge in [-0.25, -0.2) is 4.79 Å². The molecule has 28 heavy (non-hydrogen) atoms. The lowest BCUT2D eigenvalue weighted by Gasteiger charge is -2.39. The molecular weight excluding hydrogens is 448 g/mol. The van der Waals surface area contributed by atoms with Crippen LogP contribution in [0.1, 0.15) is 33.4 Å². The van der Waals surface area contributed by atoms with E-state index in [1.165, 1.54) is 24.1 Å². The lowest BCUT2D eigenvalue weighted by molar-refractivity contribution is -0.185. The zero-order valence-electron chi connectivity index (χ0n) is 17.2. The van der Waals surface area contributed by atoms with Crippen molar-refractivity contribution in [2.24, 2.45) is 0 Å². The highest BCUT2D eigenvalue weighted by molar-refractivity contribution is 9.10. The first-order valence-electron chi connectivity index (χ1n) is 9.04. The van der Waals surface area contributed by atoms with E-state index in [-0.39, 0.29) is 15.6 Å². The number of methoxy groups -OCH3 is 1. The number of aromatic nitrogens is 2. The number of nitrogens with zero attached hydrogens (tertiary/aromatic N) is 1. The summed E-state index contributed by atoms with van der Waals surface area (Å²) in [7, 11) is -0.618. The lowest BCUT2D eigenvalue weighted by atomic mass is 10.1. The van der Waals surface area contributed by atoms with E-state index in [1.807, 2.05) is 0 Å². The number of ether oxygens (including phenoxy) is 3. The Morgan fingerprint density at radius 2 is 2.07 bits per heavy atom. The monoisotopic (exact) mass is 476 g/mol. The van der Waals surface area contributed by atoms with E-state index in [1.54, 1.807) is 0 Å². The standard InChI is InChI=1S/C18H29BrN2O6Si/c1-8-25-16(24-5)14-12(27-28(6,7)18(2,3)4)9-13(26-14)21-10-11(19)15(22)20-17(21)23/h8,10,12-14,16H,1,9H2,2-7H3,(H,20,22,23)/t12-,13+,14-,16?/m0/s1. The molecule has 1 unspecified atom stereocenters. The van der Waals surface area contributed by atoms with Gasteiger partial charge in [-0.05, 0) is 34.1 Å². The first-order chi connectivity index (χ1) is 12.9. The third-order valence-corrected chi connectivity index (χ3v) is 10.4. The summed E-state index contributed by atoms with van der Waals surface area (Å²) in [6, 6.07) is 0. The van der Waals surface area contributed by atoms with Gasteiger partial charge in [0.15, 0.2) is 8.32 Å². The zero-order chi connectivity index (χ0) is 21.3. The van der Waals surface area contributed by atoms with Gasteiger partial charge in [-0.2, -0.15) is 0 Å². The van der Waals surface area contributed by atoms with E-state index in [4.69, 9.17) is 18.6 Å². The molecule has 1 aromatic rings. The molecule has 2 rings (SSSR count). The fraction of sp³-hybridized carbons (Fsp3) is 0.667. The largest absolute Gasteiger partial charge is 0.470 e. The number of hydrogen-bond acceptors (Lipinski definition) is 6. The van der Waals surface area contributed by atoms with Crippen LogP contribution in [0.3, 0.4) is 0 Å². The van der Waals surface area contributed by atoms with E-state index in [0.717, 1.165) is 0 Å². The van der Waals surface area contributed by atoms with Crippen molar-refractivity contribution in [2.45, 2.75) is 70.1 Å². The van der Waals surface area contributed by atoms with Gasteiger partial charge in [0.1, 0.15) is 12.3 Å². The van der Waals surface area contributed by atoms with Crippen molar-refractivity contribution in [3.05, 3.63) is 44.3 Å². The van der Waals surface area contributed by atoms with Crippen LogP contribution < -0.4 is 11.2 Å². The molecule has 0 aliphatic carbocycles. The van der Waals surface area contributed by atoms with Crippen molar-refractivity contribution >= 4 is 24.2 Å². The van der Waals surface area contributed by atoms with Crippen LogP contribution in [-0.2, 0) is 18.6 Å². The van der Waals surface area contributed by atoms with Crippen molar-refractivity contribution in [3.63, 3.8) is 0 Å². The van der Waals surface area contributed by atoms with Crippen LogP contribution in [0.2, 0.25) is 18.1 Å². The Balaban J connectivity index is 2.39. The molecule has 1 saturated heterocycles. The number of hydrogen-bond donors (Lipinski definition) is 1. The average Bonchev–Trinajstić information content (AvgIpc) is 2.97. The third kappa shape index (κ3) is 4.85. The van der Waals surface area contributed by atoms with Gasteiger partial charge in [-0.1, -0.05) is 27.4 Å². The molecule has 1 aromatic heterocycles. The first-order valence-corrected chi connectivity index (χ1v) is 12.7. The number of nitrogens with one attached hydrogen (secondary N) is 1. The average molecular weight is 477 g/mol. The Morgan fingerprint density at radius 3 is 2.61 bits per heavy atom. The Morgan fingerprint density at radius 1 is 1.43 bits per heavy atom. The SMILES string of the molecule is C=COC(OC)[C@H]1O[C@@H](n2cc(Br)c(=O)[nH]c2=O)C[C@@H]1O[Si](C)(C)C(C)(C)C. The summed E-state index contributed by atoms with van der Waals surface area (Å²) >= 11 is 3.15. The van der Waals surface area contributed by atoms with Crippen LogP contribution in [0.15, 0.2) is 33.1 Å². The molecular formula is C18H29BrN2O6Si. The fourth-order valence-corrected chi connectivity index (χ4v) is 4.44. The molecule has 0 radical (unpaired) electrons. The summed E-state index contributed by atoms with van der Waals surface area (Å²) in [5, 5.41) is -0.00461. The van der Waals surface area contributed by atoms with Crippen LogP contribution >= 0.6 is 15.9 Å². The molecule has 0 spiro atoms. The molecule has 8 nitrogen and oxygen atoms in total. The van der Waals surface area contributed by atoms with Crippen molar-refractivity contribution < 1.29 is 18.6 Å². The summed E-state index contributed by atoms with van der Waals surface area (Å²) in [5.74, 6) is 0. The second-order valence-electron chi connectivity index (χ2n) is 8.26. The molecule has 2 heterocycles. The summed E-state index contributed by atoms with van der Waals surface area (Å²) < 4.78 is 25.2. The summed E-state index contributed by atoms with van der Waals surface area (Å²) in [5.41, 5.74) is -1.04. The normalized spacial score (nSPS) is 24.2. The van der Waals surface area contributed by atoms with Gasteiger partial charge >= 0.3 is 5.69 Å². The predicted molar refractivity (Wildman–Crippen MR) is 112 cm³/mol. The second kappa shape index (κ2) is 8.66. The molecule has 1 fully saturated rings. The molecule has 0 amide bonds. The minimum Gasteiger partial charge on any atom is -0.470 e. The van der Waals surface area contributed by atoms with Crippen molar-refractivity contribution in [1.82, 2.24) is 9.55 Å². The maximum absolute atomic E-state index is 12.3. The van der Waals surface area contributed by atoms with Crippen LogP contribution in [-0.4, -0.2) is 43.5 Å². The van der Waals surface area contributed by atoms with Gasteiger partial charge in [0, 0.05) is 19.7 Å². The minimum atomic E-state index is -2.13. The van der Waals surface area contributed by atoms with Gasteiger partial charge in [0.2, 0.25) is 6.29 Å². The highest BCUT2D eigenvalue weighted by Crippen LogP contribution is 2.41. The Labute approximate surface area is 174 Å². The highest BCUT2D eigenvalue weighted by atomic mass is 79.9. The zero-order valence-corrected chi connectivity index (χ0v) is 19.7. The van der Waals surface area contributed by atoms with Crippen molar-refractivity contribution in [2.75, 3.05) is 7.11 Å². The smallest absolute Gasteiger partial charge is 0.330 e. The van der Waals surface area contributed by atoms with Gasteiger partial charge in [-0.15, -0.1) is 0 Å². The molecule has 0 bridgehead atoms. The van der Waals surface area contributed by atoms with Gasteiger partial charge in [0.05, 0.1) is 16.8 Å². The summed E-state index contributed by atoms with van der Waals surface area (Å²) in [6.07, 6.45) is 0.833. The quantitative estimate of drug-likeness (QED) is 0.369. The van der Waals surface area contributed by atoms with Crippen LogP contribution in [0.4, 0.5) is 0 Å².